The Bertz CT molecular complexity index is 199. The summed E-state index contributed by atoms with van der Waals surface area (Å²) < 4.78 is 37.5. The molecule has 0 aromatic carbocycles. The summed E-state index contributed by atoms with van der Waals surface area (Å²) in [6.07, 6.45) is 0. The van der Waals surface area contributed by atoms with E-state index in [0.717, 1.165) is 0 Å². The van der Waals surface area contributed by atoms with E-state index < -0.39 is 7.92 Å². The third kappa shape index (κ3) is 120. The van der Waals surface area contributed by atoms with Crippen molar-refractivity contribution in [2.24, 2.45) is 0 Å². The smallest absolute Gasteiger partial charge is 0 e. The Morgan fingerprint density at radius 2 is 0.667 bits per heavy atom. The van der Waals surface area contributed by atoms with Crippen molar-refractivity contribution >= 4 is 7.92 Å². The van der Waals surface area contributed by atoms with E-state index in [9.17, 15) is 0 Å². The van der Waals surface area contributed by atoms with Crippen molar-refractivity contribution < 1.29 is 40.6 Å². The molecule has 0 atom stereocenters. The van der Waals surface area contributed by atoms with E-state index >= 15 is 0 Å². The number of hydrogen-bond donors (Lipinski definition) is 0. The fraction of sp³-hybridized carbons (Fsp3) is 0. The molecule has 0 aromatic heterocycles. The molecule has 0 saturated carbocycles. The van der Waals surface area contributed by atoms with Gasteiger partial charge in [0.1, 0.15) is 0 Å². The summed E-state index contributed by atoms with van der Waals surface area (Å²) >= 11 is 0. The van der Waals surface area contributed by atoms with Crippen LogP contribution in [0.25, 0.3) is 0 Å². The van der Waals surface area contributed by atoms with Crippen LogP contribution < -0.4 is 0 Å². The van der Waals surface area contributed by atoms with Crippen LogP contribution in [0.5, 0.6) is 0 Å². The predicted octanol–water partition coefficient (Wildman–Crippen LogP) is 2.44. The van der Waals surface area contributed by atoms with Crippen LogP contribution >= 0.6 is 7.92 Å². The number of hydrogen-bond acceptors (Lipinski definition) is 0. The minimum atomic E-state index is -0.571. The second kappa shape index (κ2) is 148. The van der Waals surface area contributed by atoms with Gasteiger partial charge in [0.05, 0.1) is 25.4 Å². The van der Waals surface area contributed by atoms with Gasteiger partial charge >= 0.3 is 56.5 Å². The van der Waals surface area contributed by atoms with Crippen LogP contribution in [0.1, 0.15) is 0 Å². The molecule has 0 bridgehead atoms. The SMILES string of the molecule is C=C[PH+](C=C)C=C.[C-]#[O+].[C-]#[O+].[C-]#[O+].[C-]#[O+].[C-]#[O+].[Cr]. The summed E-state index contributed by atoms with van der Waals surface area (Å²) in [6, 6.07) is 0. The molecule has 7 heteroatoms. The van der Waals surface area contributed by atoms with Crippen LogP contribution in [0.3, 0.4) is 0 Å². The monoisotopic (exact) mass is 305 g/mol. The molecule has 0 fully saturated rings. The van der Waals surface area contributed by atoms with E-state index in [1.807, 2.05) is 17.5 Å². The van der Waals surface area contributed by atoms with E-state index in [2.05, 4.69) is 53.0 Å². The summed E-state index contributed by atoms with van der Waals surface area (Å²) in [6.45, 7) is 33.3. The molecule has 0 saturated heterocycles. The van der Waals surface area contributed by atoms with Crippen molar-refractivity contribution in [2.45, 2.75) is 0 Å². The third-order valence-corrected chi connectivity index (χ3v) is 2.12. The second-order valence-electron chi connectivity index (χ2n) is 1.11. The van der Waals surface area contributed by atoms with Crippen LogP contribution in [-0.2, 0) is 40.6 Å². The van der Waals surface area contributed by atoms with Crippen molar-refractivity contribution in [3.8, 4) is 0 Å². The Morgan fingerprint density at radius 3 is 0.667 bits per heavy atom. The van der Waals surface area contributed by atoms with Crippen molar-refractivity contribution in [2.75, 3.05) is 0 Å². The maximum absolute atomic E-state index is 7.50. The first-order valence-corrected chi connectivity index (χ1v) is 4.84. The largest absolute Gasteiger partial charge is 0 e. The molecule has 0 aromatic rings. The van der Waals surface area contributed by atoms with Gasteiger partial charge in [-0.1, -0.05) is 19.7 Å². The van der Waals surface area contributed by atoms with E-state index in [1.54, 1.807) is 0 Å². The minimum absolute atomic E-state index is 0. The average Bonchev–Trinajstić information content (AvgIpc) is 2.51. The molecule has 0 heterocycles. The van der Waals surface area contributed by atoms with E-state index in [0.29, 0.717) is 0 Å². The van der Waals surface area contributed by atoms with Gasteiger partial charge in [0.25, 0.3) is 0 Å². The van der Waals surface area contributed by atoms with Gasteiger partial charge in [-0.15, -0.1) is 0 Å². The van der Waals surface area contributed by atoms with Gasteiger partial charge in [0.2, 0.25) is 0 Å². The van der Waals surface area contributed by atoms with E-state index in [4.69, 9.17) is 23.3 Å². The van der Waals surface area contributed by atoms with Crippen molar-refractivity contribution in [3.05, 3.63) is 70.4 Å². The maximum Gasteiger partial charge on any atom is 0 e. The first kappa shape index (κ1) is 43.6. The quantitative estimate of drug-likeness (QED) is 0.434. The van der Waals surface area contributed by atoms with Gasteiger partial charge in [0, 0.05) is 17.4 Å². The van der Waals surface area contributed by atoms with Crippen LogP contribution in [0.2, 0.25) is 0 Å². The Kier molecular flexibility index (Phi) is 357. The second-order valence-corrected chi connectivity index (χ2v) is 3.34. The first-order chi connectivity index (χ1) is 8.35. The van der Waals surface area contributed by atoms with Gasteiger partial charge in [-0.2, -0.15) is 0 Å². The van der Waals surface area contributed by atoms with Crippen LogP contribution in [-0.4, -0.2) is 0 Å². The van der Waals surface area contributed by atoms with Crippen molar-refractivity contribution in [1.82, 2.24) is 0 Å². The zero-order valence-corrected chi connectivity index (χ0v) is 11.6. The molecule has 5 nitrogen and oxygen atoms in total. The van der Waals surface area contributed by atoms with E-state index in [1.165, 1.54) is 0 Å². The molecule has 0 unspecified atom stereocenters. The Balaban J connectivity index is -0.0000000189. The molecule has 0 amide bonds. The van der Waals surface area contributed by atoms with E-state index in [-0.39, 0.29) is 17.4 Å². The Labute approximate surface area is 119 Å². The zero-order chi connectivity index (χ0) is 15.7. The summed E-state index contributed by atoms with van der Waals surface area (Å²) in [5.74, 6) is 5.68. The summed E-state index contributed by atoms with van der Waals surface area (Å²) in [4.78, 5) is 0. The molecule has 0 aliphatic carbocycles. The minimum Gasteiger partial charge on any atom is 0 e. The fourth-order valence-electron chi connectivity index (χ4n) is 0.250. The van der Waals surface area contributed by atoms with Crippen LogP contribution in [0, 0.1) is 33.3 Å². The van der Waals surface area contributed by atoms with Crippen molar-refractivity contribution in [1.29, 1.82) is 0 Å². The third-order valence-electron chi connectivity index (χ3n) is 0.707. The molecule has 0 aliphatic rings. The Morgan fingerprint density at radius 1 is 0.556 bits per heavy atom. The molecule has 94 valence electrons. The molecule has 0 rings (SSSR count). The van der Waals surface area contributed by atoms with Crippen molar-refractivity contribution in [3.63, 3.8) is 0 Å². The molecule has 0 N–H and O–H groups in total. The molecule has 0 radical (unpaired) electrons. The summed E-state index contributed by atoms with van der Waals surface area (Å²) in [5, 5.41) is 0. The van der Waals surface area contributed by atoms with Gasteiger partial charge in [0.15, 0.2) is 0 Å². The Hall–Kier alpha value is -1.12. The predicted molar refractivity (Wildman–Crippen MR) is 58.6 cm³/mol. The molecular formula is C11H10CrO5P+. The molecule has 0 aliphatic heterocycles. The molecule has 0 spiro atoms. The zero-order valence-electron chi connectivity index (χ0n) is 9.30. The van der Waals surface area contributed by atoms with Gasteiger partial charge < -0.3 is 0 Å². The van der Waals surface area contributed by atoms with Gasteiger partial charge in [-0.25, -0.2) is 0 Å². The van der Waals surface area contributed by atoms with Gasteiger partial charge in [-0.3, -0.25) is 0 Å². The standard InChI is InChI=1S/C6H9P.5CO.Cr/c1-4-7(5-2)6-3;5*1-2;/h4-6H,1-3H2;;;;;;/p+1. The summed E-state index contributed by atoms with van der Waals surface area (Å²) in [7, 11) is -0.571. The first-order valence-electron chi connectivity index (χ1n) is 3.11. The average molecular weight is 305 g/mol. The van der Waals surface area contributed by atoms with Crippen LogP contribution in [0.15, 0.2) is 37.2 Å². The molecular weight excluding hydrogens is 295 g/mol. The maximum atomic E-state index is 7.50. The topological polar surface area (TPSA) is 99.5 Å². The molecule has 18 heavy (non-hydrogen) atoms. The van der Waals surface area contributed by atoms with Gasteiger partial charge in [-0.05, 0) is 0 Å². The normalized spacial score (nSPS) is 3.72. The summed E-state index contributed by atoms with van der Waals surface area (Å²) in [5.41, 5.74) is 0. The van der Waals surface area contributed by atoms with Crippen LogP contribution in [0.4, 0.5) is 0 Å². The number of rotatable bonds is 3. The fourth-order valence-corrected chi connectivity index (χ4v) is 0.750.